The number of carboxylic acid groups (broad SMARTS) is 1. The summed E-state index contributed by atoms with van der Waals surface area (Å²) in [7, 11) is 0. The first kappa shape index (κ1) is 28.9. The summed E-state index contributed by atoms with van der Waals surface area (Å²) in [6, 6.07) is 0. The van der Waals surface area contributed by atoms with Crippen molar-refractivity contribution >= 4 is 23.9 Å². The van der Waals surface area contributed by atoms with Crippen LogP contribution in [0.1, 0.15) is 99.3 Å². The van der Waals surface area contributed by atoms with Gasteiger partial charge < -0.3 is 19.3 Å². The van der Waals surface area contributed by atoms with E-state index in [0.29, 0.717) is 12.8 Å². The Morgan fingerprint density at radius 3 is 2.13 bits per heavy atom. The Hall–Kier alpha value is -2.12. The number of hydrogen-bond donors (Lipinski definition) is 1. The second-order valence-electron chi connectivity index (χ2n) is 13.2. The van der Waals surface area contributed by atoms with Crippen LogP contribution in [0.4, 0.5) is 0 Å². The highest BCUT2D eigenvalue weighted by Gasteiger charge is 2.67. The Kier molecular flexibility index (Phi) is 8.21. The molecule has 4 aliphatic carbocycles. The van der Waals surface area contributed by atoms with Gasteiger partial charge in [0.05, 0.1) is 0 Å². The fourth-order valence-electron chi connectivity index (χ4n) is 9.67. The fraction of sp³-hybridized carbons (Fsp3) is 0.867. The van der Waals surface area contributed by atoms with Crippen LogP contribution in [0.15, 0.2) is 0 Å². The summed E-state index contributed by atoms with van der Waals surface area (Å²) in [5, 5.41) is 9.31. The van der Waals surface area contributed by atoms with Gasteiger partial charge in [-0.2, -0.15) is 0 Å². The molecule has 11 atom stereocenters. The third-order valence-corrected chi connectivity index (χ3v) is 11.2. The summed E-state index contributed by atoms with van der Waals surface area (Å²) < 4.78 is 17.8. The lowest BCUT2D eigenvalue weighted by atomic mass is 9.43. The van der Waals surface area contributed by atoms with Crippen molar-refractivity contribution in [3.63, 3.8) is 0 Å². The maximum Gasteiger partial charge on any atom is 0.303 e. The van der Waals surface area contributed by atoms with Gasteiger partial charge in [0.25, 0.3) is 0 Å². The second-order valence-corrected chi connectivity index (χ2v) is 13.2. The molecule has 4 saturated carbocycles. The number of carboxylic acids is 1. The summed E-state index contributed by atoms with van der Waals surface area (Å²) in [5.41, 5.74) is -0.355. The molecule has 0 spiro atoms. The highest BCUT2D eigenvalue weighted by atomic mass is 16.6. The van der Waals surface area contributed by atoms with E-state index in [-0.39, 0.29) is 89.0 Å². The molecule has 4 fully saturated rings. The van der Waals surface area contributed by atoms with Crippen LogP contribution in [0, 0.1) is 46.3 Å². The molecule has 8 heteroatoms. The molecule has 0 heterocycles. The van der Waals surface area contributed by atoms with E-state index in [4.69, 9.17) is 14.2 Å². The highest BCUT2D eigenvalue weighted by Crippen LogP contribution is 2.69. The van der Waals surface area contributed by atoms with Gasteiger partial charge in [0.15, 0.2) is 0 Å². The second kappa shape index (κ2) is 10.8. The summed E-state index contributed by atoms with van der Waals surface area (Å²) >= 11 is 0. The van der Waals surface area contributed by atoms with Gasteiger partial charge in [-0.25, -0.2) is 0 Å². The molecule has 0 unspecified atom stereocenters. The Morgan fingerprint density at radius 1 is 0.868 bits per heavy atom. The lowest BCUT2D eigenvalue weighted by Crippen LogP contribution is -2.63. The monoisotopic (exact) mass is 534 g/mol. The molecule has 38 heavy (non-hydrogen) atoms. The third-order valence-electron chi connectivity index (χ3n) is 11.2. The molecule has 4 aliphatic rings. The first-order valence-electron chi connectivity index (χ1n) is 14.5. The van der Waals surface area contributed by atoms with Crippen molar-refractivity contribution in [2.75, 3.05) is 0 Å². The number of hydrogen-bond acceptors (Lipinski definition) is 7. The maximum absolute atomic E-state index is 12.4. The van der Waals surface area contributed by atoms with Crippen LogP contribution in [0.2, 0.25) is 0 Å². The minimum Gasteiger partial charge on any atom is -0.481 e. The molecular weight excluding hydrogens is 488 g/mol. The average molecular weight is 535 g/mol. The van der Waals surface area contributed by atoms with Crippen molar-refractivity contribution < 1.29 is 38.5 Å². The van der Waals surface area contributed by atoms with Crippen molar-refractivity contribution in [1.29, 1.82) is 0 Å². The van der Waals surface area contributed by atoms with Crippen molar-refractivity contribution in [2.24, 2.45) is 46.3 Å². The Labute approximate surface area is 226 Å². The molecular formula is C30H46O8. The van der Waals surface area contributed by atoms with Gasteiger partial charge >= 0.3 is 23.9 Å². The Morgan fingerprint density at radius 2 is 1.53 bits per heavy atom. The van der Waals surface area contributed by atoms with Gasteiger partial charge in [0.1, 0.15) is 18.3 Å². The van der Waals surface area contributed by atoms with Crippen LogP contribution in [-0.2, 0) is 33.4 Å². The molecule has 0 amide bonds. The first-order chi connectivity index (χ1) is 17.8. The number of ether oxygens (including phenoxy) is 3. The van der Waals surface area contributed by atoms with Crippen LogP contribution >= 0.6 is 0 Å². The van der Waals surface area contributed by atoms with Gasteiger partial charge in [-0.15, -0.1) is 0 Å². The van der Waals surface area contributed by atoms with E-state index in [0.717, 1.165) is 38.5 Å². The smallest absolute Gasteiger partial charge is 0.303 e. The standard InChI is InChI=1S/C30H46O8/c1-16(7-10-27(34)35)22-8-9-23-28-24(15-26(30(22,23)6)38-19(4)33)29(5)12-11-21(36-17(2)31)13-20(29)14-25(28)37-18(3)32/h16,20-26,28H,7-15H2,1-6H3,(H,34,35)/t16-,20+,21-,22-,23+,24+,25+,26+,28+,29-,30-/m0/s1. The average Bonchev–Trinajstić information content (AvgIpc) is 3.16. The lowest BCUT2D eigenvalue weighted by Gasteiger charge is -2.64. The minimum atomic E-state index is -0.790. The van der Waals surface area contributed by atoms with Crippen LogP contribution in [0.3, 0.4) is 0 Å². The van der Waals surface area contributed by atoms with Gasteiger partial charge in [0, 0.05) is 38.5 Å². The lowest BCUT2D eigenvalue weighted by molar-refractivity contribution is -0.224. The topological polar surface area (TPSA) is 116 Å². The van der Waals surface area contributed by atoms with E-state index in [1.165, 1.54) is 20.8 Å². The fourth-order valence-corrected chi connectivity index (χ4v) is 9.67. The van der Waals surface area contributed by atoms with E-state index >= 15 is 0 Å². The SMILES string of the molecule is CC(=O)O[C@H]1CC[C@@]2(C)[C@H](C1)C[C@@H](OC(C)=O)[C@H]1[C@H]2C[C@@H](OC(C)=O)[C@]2(C)[C@@H]1CC[C@H]2[C@@H](C)CCC(=O)O. The molecule has 0 bridgehead atoms. The van der Waals surface area contributed by atoms with Crippen molar-refractivity contribution in [2.45, 2.75) is 118 Å². The van der Waals surface area contributed by atoms with E-state index in [2.05, 4.69) is 20.8 Å². The first-order valence-corrected chi connectivity index (χ1v) is 14.5. The van der Waals surface area contributed by atoms with Gasteiger partial charge in [0.2, 0.25) is 0 Å². The molecule has 0 radical (unpaired) electrons. The number of esters is 3. The van der Waals surface area contributed by atoms with E-state index in [1.54, 1.807) is 0 Å². The normalized spacial score (nSPS) is 42.6. The van der Waals surface area contributed by atoms with E-state index in [9.17, 15) is 24.3 Å². The summed E-state index contributed by atoms with van der Waals surface area (Å²) in [6.45, 7) is 11.1. The Balaban J connectivity index is 1.71. The molecule has 8 nitrogen and oxygen atoms in total. The molecule has 1 N–H and O–H groups in total. The molecule has 0 saturated heterocycles. The molecule has 0 aromatic heterocycles. The van der Waals surface area contributed by atoms with Gasteiger partial charge in [-0.05, 0) is 86.4 Å². The predicted octanol–water partition coefficient (Wildman–Crippen LogP) is 5.16. The van der Waals surface area contributed by atoms with E-state index in [1.807, 2.05) is 0 Å². The zero-order valence-corrected chi connectivity index (χ0v) is 23.9. The minimum absolute atomic E-state index is 0.0370. The molecule has 0 aromatic rings. The molecule has 214 valence electrons. The van der Waals surface area contributed by atoms with E-state index < -0.39 is 5.97 Å². The predicted molar refractivity (Wildman–Crippen MR) is 139 cm³/mol. The number of aliphatic carboxylic acids is 1. The van der Waals surface area contributed by atoms with Crippen LogP contribution in [0.25, 0.3) is 0 Å². The number of carbonyl (C=O) groups is 4. The zero-order valence-electron chi connectivity index (χ0n) is 23.9. The summed E-state index contributed by atoms with van der Waals surface area (Å²) in [5.74, 6) is -0.421. The largest absolute Gasteiger partial charge is 0.481 e. The van der Waals surface area contributed by atoms with Crippen LogP contribution < -0.4 is 0 Å². The number of rotatable bonds is 7. The quantitative estimate of drug-likeness (QED) is 0.352. The number of carbonyl (C=O) groups excluding carboxylic acids is 3. The van der Waals surface area contributed by atoms with Crippen LogP contribution in [0.5, 0.6) is 0 Å². The zero-order chi connectivity index (χ0) is 28.0. The van der Waals surface area contributed by atoms with Gasteiger partial charge in [-0.3, -0.25) is 19.2 Å². The molecule has 4 rings (SSSR count). The molecule has 0 aromatic carbocycles. The van der Waals surface area contributed by atoms with Gasteiger partial charge in [-0.1, -0.05) is 20.8 Å². The summed E-state index contributed by atoms with van der Waals surface area (Å²) in [6.07, 6.45) is 5.93. The summed E-state index contributed by atoms with van der Waals surface area (Å²) in [4.78, 5) is 47.7. The van der Waals surface area contributed by atoms with Crippen molar-refractivity contribution in [3.8, 4) is 0 Å². The third kappa shape index (κ3) is 5.21. The Bertz CT molecular complexity index is 947. The van der Waals surface area contributed by atoms with Crippen molar-refractivity contribution in [1.82, 2.24) is 0 Å². The van der Waals surface area contributed by atoms with Crippen molar-refractivity contribution in [3.05, 3.63) is 0 Å². The number of fused-ring (bicyclic) bond motifs is 5. The molecule has 0 aliphatic heterocycles. The van der Waals surface area contributed by atoms with Crippen LogP contribution in [-0.4, -0.2) is 47.3 Å². The highest BCUT2D eigenvalue weighted by molar-refractivity contribution is 5.67. The maximum atomic E-state index is 12.4.